The van der Waals surface area contributed by atoms with E-state index in [9.17, 15) is 30.7 Å². The Kier molecular flexibility index (Phi) is 3.42. The number of aliphatic hydroxyl groups is 1. The molecule has 0 aromatic heterocycles. The summed E-state index contributed by atoms with van der Waals surface area (Å²) in [5.74, 6) is -9.16. The molecule has 0 saturated heterocycles. The van der Waals surface area contributed by atoms with Crippen molar-refractivity contribution in [2.45, 2.75) is 37.2 Å². The average molecular weight is 268 g/mol. The molecule has 0 bridgehead atoms. The number of rotatable bonds is 1. The van der Waals surface area contributed by atoms with Gasteiger partial charge in [-0.1, -0.05) is 6.92 Å². The molecule has 0 heterocycles. The van der Waals surface area contributed by atoms with E-state index in [4.69, 9.17) is 5.11 Å². The lowest BCUT2D eigenvalue weighted by molar-refractivity contribution is -0.367. The molecule has 1 aliphatic rings. The monoisotopic (exact) mass is 268 g/mol. The molecular weight excluding hydrogens is 257 g/mol. The van der Waals surface area contributed by atoms with Crippen molar-refractivity contribution in [2.24, 2.45) is 11.8 Å². The van der Waals surface area contributed by atoms with Crippen LogP contribution in [-0.2, 0) is 0 Å². The van der Waals surface area contributed by atoms with Crippen molar-refractivity contribution >= 4 is 0 Å². The molecule has 4 atom stereocenters. The van der Waals surface area contributed by atoms with Crippen LogP contribution in [0, 0.1) is 11.8 Å². The maximum atomic E-state index is 13.4. The first kappa shape index (κ1) is 14.5. The predicted octanol–water partition coefficient (Wildman–Crippen LogP) is 2.88. The summed E-state index contributed by atoms with van der Waals surface area (Å²) in [7, 11) is 0. The fourth-order valence-electron chi connectivity index (χ4n) is 2.10. The van der Waals surface area contributed by atoms with Crippen LogP contribution < -0.4 is 0 Å². The van der Waals surface area contributed by atoms with Gasteiger partial charge < -0.3 is 5.11 Å². The number of hydrogen-bond acceptors (Lipinski definition) is 1. The number of halogens is 7. The Labute approximate surface area is 92.6 Å². The van der Waals surface area contributed by atoms with Gasteiger partial charge in [0.25, 0.3) is 5.92 Å². The van der Waals surface area contributed by atoms with Crippen LogP contribution in [0.4, 0.5) is 30.7 Å². The topological polar surface area (TPSA) is 20.2 Å². The van der Waals surface area contributed by atoms with Gasteiger partial charge in [-0.05, 0) is 12.3 Å². The van der Waals surface area contributed by atoms with Crippen LogP contribution in [0.3, 0.4) is 0 Å². The quantitative estimate of drug-likeness (QED) is 0.725. The van der Waals surface area contributed by atoms with Crippen LogP contribution in [0.1, 0.15) is 13.3 Å². The van der Waals surface area contributed by atoms with Crippen LogP contribution in [0.15, 0.2) is 0 Å². The van der Waals surface area contributed by atoms with E-state index in [-0.39, 0.29) is 0 Å². The number of hydrogen-bond donors (Lipinski definition) is 1. The number of alkyl halides is 7. The average Bonchev–Trinajstić information content (AvgIpc) is 2.14. The summed E-state index contributed by atoms with van der Waals surface area (Å²) in [6.45, 7) is -1.03. The first-order chi connectivity index (χ1) is 7.49. The van der Waals surface area contributed by atoms with Crippen LogP contribution in [-0.4, -0.2) is 35.7 Å². The smallest absolute Gasteiger partial charge is 0.376 e. The third kappa shape index (κ3) is 1.90. The molecule has 1 nitrogen and oxygen atoms in total. The predicted molar refractivity (Wildman–Crippen MR) is 44.1 cm³/mol. The SMILES string of the molecule is CC1CC(O)(C(F)(F)F)C(F)(F)C(CF)C1F. The lowest BCUT2D eigenvalue weighted by Gasteiger charge is -2.47. The molecule has 1 fully saturated rings. The fourth-order valence-corrected chi connectivity index (χ4v) is 2.10. The molecule has 102 valence electrons. The van der Waals surface area contributed by atoms with Gasteiger partial charge in [-0.15, -0.1) is 0 Å². The molecule has 4 unspecified atom stereocenters. The van der Waals surface area contributed by atoms with Crippen LogP contribution >= 0.6 is 0 Å². The Morgan fingerprint density at radius 3 is 2.12 bits per heavy atom. The van der Waals surface area contributed by atoms with E-state index in [1.165, 1.54) is 0 Å². The van der Waals surface area contributed by atoms with Gasteiger partial charge in [-0.2, -0.15) is 13.2 Å². The molecule has 0 aromatic rings. The van der Waals surface area contributed by atoms with Gasteiger partial charge in [-0.25, -0.2) is 13.2 Å². The summed E-state index contributed by atoms with van der Waals surface area (Å²) < 4.78 is 89.7. The van der Waals surface area contributed by atoms with Crippen LogP contribution in [0.25, 0.3) is 0 Å². The van der Waals surface area contributed by atoms with Crippen molar-refractivity contribution in [3.05, 3.63) is 0 Å². The summed E-state index contributed by atoms with van der Waals surface area (Å²) >= 11 is 0. The molecule has 1 N–H and O–H groups in total. The van der Waals surface area contributed by atoms with Gasteiger partial charge in [0.2, 0.25) is 5.60 Å². The molecule has 1 aliphatic carbocycles. The third-order valence-electron chi connectivity index (χ3n) is 3.20. The van der Waals surface area contributed by atoms with Crippen LogP contribution in [0.5, 0.6) is 0 Å². The normalized spacial score (nSPS) is 42.5. The van der Waals surface area contributed by atoms with E-state index in [1.54, 1.807) is 0 Å². The molecule has 0 aromatic carbocycles. The second-order valence-electron chi connectivity index (χ2n) is 4.37. The van der Waals surface area contributed by atoms with E-state index in [0.29, 0.717) is 0 Å². The molecule has 0 amide bonds. The minimum absolute atomic E-state index is 0.930. The first-order valence-electron chi connectivity index (χ1n) is 4.86. The Hall–Kier alpha value is -0.530. The van der Waals surface area contributed by atoms with Crippen molar-refractivity contribution in [3.8, 4) is 0 Å². The summed E-state index contributed by atoms with van der Waals surface area (Å²) in [4.78, 5) is 0. The van der Waals surface area contributed by atoms with Crippen molar-refractivity contribution < 1.29 is 35.8 Å². The van der Waals surface area contributed by atoms with Crippen molar-refractivity contribution in [3.63, 3.8) is 0 Å². The van der Waals surface area contributed by atoms with Gasteiger partial charge >= 0.3 is 6.18 Å². The molecule has 1 rings (SSSR count). The zero-order chi connectivity index (χ0) is 13.6. The maximum absolute atomic E-state index is 13.4. The van der Waals surface area contributed by atoms with Gasteiger partial charge in [-0.3, -0.25) is 4.39 Å². The van der Waals surface area contributed by atoms with Crippen molar-refractivity contribution in [1.29, 1.82) is 0 Å². The highest BCUT2D eigenvalue weighted by molar-refractivity contribution is 5.09. The van der Waals surface area contributed by atoms with E-state index >= 15 is 0 Å². The van der Waals surface area contributed by atoms with E-state index in [0.717, 1.165) is 6.92 Å². The second kappa shape index (κ2) is 4.00. The van der Waals surface area contributed by atoms with Gasteiger partial charge in [0.15, 0.2) is 0 Å². The summed E-state index contributed by atoms with van der Waals surface area (Å²) in [5.41, 5.74) is -4.38. The molecule has 0 aliphatic heterocycles. The van der Waals surface area contributed by atoms with E-state index in [2.05, 4.69) is 0 Å². The zero-order valence-electron chi connectivity index (χ0n) is 8.74. The fraction of sp³-hybridized carbons (Fsp3) is 1.00. The molecule has 17 heavy (non-hydrogen) atoms. The Balaban J connectivity index is 3.24. The molecular formula is C9H11F7O. The minimum Gasteiger partial charge on any atom is -0.376 e. The molecule has 0 spiro atoms. The largest absolute Gasteiger partial charge is 0.423 e. The highest BCUT2D eigenvalue weighted by Gasteiger charge is 2.75. The molecule has 8 heteroatoms. The van der Waals surface area contributed by atoms with Crippen molar-refractivity contribution in [2.75, 3.05) is 6.67 Å². The lowest BCUT2D eigenvalue weighted by Crippen LogP contribution is -2.68. The third-order valence-corrected chi connectivity index (χ3v) is 3.20. The van der Waals surface area contributed by atoms with Crippen LogP contribution in [0.2, 0.25) is 0 Å². The lowest BCUT2D eigenvalue weighted by atomic mass is 9.69. The summed E-state index contributed by atoms with van der Waals surface area (Å²) in [6.07, 6.45) is -9.54. The summed E-state index contributed by atoms with van der Waals surface area (Å²) in [5, 5.41) is 9.12. The van der Waals surface area contributed by atoms with Gasteiger partial charge in [0.1, 0.15) is 12.8 Å². The molecule has 1 saturated carbocycles. The summed E-state index contributed by atoms with van der Waals surface area (Å²) in [6, 6.07) is 0. The van der Waals surface area contributed by atoms with E-state index in [1.807, 2.05) is 0 Å². The minimum atomic E-state index is -5.64. The second-order valence-corrected chi connectivity index (χ2v) is 4.37. The van der Waals surface area contributed by atoms with Gasteiger partial charge in [0, 0.05) is 0 Å². The Bertz CT molecular complexity index is 290. The molecule has 0 radical (unpaired) electrons. The van der Waals surface area contributed by atoms with Gasteiger partial charge in [0.05, 0.1) is 5.92 Å². The first-order valence-corrected chi connectivity index (χ1v) is 4.86. The standard InChI is InChI=1S/C9H11F7O/c1-4-2-7(17,9(14,15)16)8(12,13)5(3-10)6(4)11/h4-6,17H,2-3H2,1H3. The van der Waals surface area contributed by atoms with Crippen molar-refractivity contribution in [1.82, 2.24) is 0 Å². The maximum Gasteiger partial charge on any atom is 0.423 e. The Morgan fingerprint density at radius 2 is 1.76 bits per heavy atom. The zero-order valence-corrected chi connectivity index (χ0v) is 8.74. The highest BCUT2D eigenvalue weighted by Crippen LogP contribution is 2.55. The highest BCUT2D eigenvalue weighted by atomic mass is 19.4. The Morgan fingerprint density at radius 1 is 1.29 bits per heavy atom. The van der Waals surface area contributed by atoms with E-state index < -0.39 is 48.8 Å².